The van der Waals surface area contributed by atoms with Crippen LogP contribution in [0, 0.1) is 12.7 Å². The molecule has 0 fully saturated rings. The molecule has 0 aliphatic rings. The zero-order valence-electron chi connectivity index (χ0n) is 17.7. The van der Waals surface area contributed by atoms with Crippen LogP contribution in [0.2, 0.25) is 0 Å². The highest BCUT2D eigenvalue weighted by Crippen LogP contribution is 2.39. The van der Waals surface area contributed by atoms with Crippen molar-refractivity contribution in [2.45, 2.75) is 33.4 Å². The fourth-order valence-electron chi connectivity index (χ4n) is 3.29. The van der Waals surface area contributed by atoms with Gasteiger partial charge in [-0.2, -0.15) is 4.98 Å². The fourth-order valence-corrected chi connectivity index (χ4v) is 3.29. The third kappa shape index (κ3) is 4.73. The molecule has 4 aromatic rings. The number of ether oxygens (including phenoxy) is 1. The maximum atomic E-state index is 13.5. The molecule has 0 atom stereocenters. The number of hydrogen-bond donors (Lipinski definition) is 1. The third-order valence-electron chi connectivity index (χ3n) is 4.74. The highest BCUT2D eigenvalue weighted by atomic mass is 19.3. The fraction of sp³-hybridized carbons (Fsp3) is 0.238. The van der Waals surface area contributed by atoms with Gasteiger partial charge in [0.25, 0.3) is 6.43 Å². The summed E-state index contributed by atoms with van der Waals surface area (Å²) < 4.78 is 47.9. The number of nitrogens with zero attached hydrogens (tertiary/aromatic N) is 7. The van der Waals surface area contributed by atoms with Crippen LogP contribution in [0.3, 0.4) is 0 Å². The molecule has 2 N–H and O–H groups in total. The van der Waals surface area contributed by atoms with Crippen LogP contribution in [0.1, 0.15) is 30.6 Å². The smallest absolute Gasteiger partial charge is 0.280 e. The van der Waals surface area contributed by atoms with Crippen LogP contribution in [0.15, 0.2) is 36.4 Å². The summed E-state index contributed by atoms with van der Waals surface area (Å²) >= 11 is 0. The number of halogens is 3. The zero-order chi connectivity index (χ0) is 23.5. The molecule has 0 unspecified atom stereocenters. The summed E-state index contributed by atoms with van der Waals surface area (Å²) in [6.07, 6.45) is -2.79. The summed E-state index contributed by atoms with van der Waals surface area (Å²) in [6, 6.07) is 8.37. The molecule has 1 aromatic carbocycles. The van der Waals surface area contributed by atoms with E-state index in [-0.39, 0.29) is 18.4 Å². The van der Waals surface area contributed by atoms with E-state index < -0.39 is 17.9 Å². The number of benzene rings is 1. The molecule has 0 bridgehead atoms. The van der Waals surface area contributed by atoms with Crippen LogP contribution in [0.25, 0.3) is 22.4 Å². The van der Waals surface area contributed by atoms with E-state index in [9.17, 15) is 13.2 Å². The Hall–Kier alpha value is -4.09. The van der Waals surface area contributed by atoms with Gasteiger partial charge in [-0.25, -0.2) is 22.8 Å². The van der Waals surface area contributed by atoms with E-state index >= 15 is 0 Å². The van der Waals surface area contributed by atoms with Crippen molar-refractivity contribution >= 4 is 5.95 Å². The molecule has 3 aromatic heterocycles. The summed E-state index contributed by atoms with van der Waals surface area (Å²) in [5.41, 5.74) is 7.33. The number of alkyl halides is 2. The van der Waals surface area contributed by atoms with Gasteiger partial charge in [0.1, 0.15) is 11.5 Å². The number of rotatable bonds is 7. The molecule has 9 nitrogen and oxygen atoms in total. The van der Waals surface area contributed by atoms with Crippen molar-refractivity contribution in [3.8, 4) is 28.3 Å². The molecule has 0 spiro atoms. The van der Waals surface area contributed by atoms with Crippen LogP contribution in [-0.4, -0.2) is 35.2 Å². The number of nitrogens with two attached hydrogens (primary N) is 1. The Balaban J connectivity index is 1.89. The Labute approximate surface area is 186 Å². The molecule has 0 aliphatic heterocycles. The summed E-state index contributed by atoms with van der Waals surface area (Å²) in [5.74, 6) is -0.0746. The first-order valence-electron chi connectivity index (χ1n) is 9.94. The second-order valence-electron chi connectivity index (χ2n) is 7.04. The van der Waals surface area contributed by atoms with E-state index in [0.29, 0.717) is 40.4 Å². The minimum absolute atomic E-state index is 0.0401. The van der Waals surface area contributed by atoms with Crippen molar-refractivity contribution in [1.82, 2.24) is 35.2 Å². The largest absolute Gasteiger partial charge is 0.469 e. The third-order valence-corrected chi connectivity index (χ3v) is 4.74. The summed E-state index contributed by atoms with van der Waals surface area (Å²) in [5, 5.41) is 11.4. The molecule has 33 heavy (non-hydrogen) atoms. The molecule has 0 saturated carbocycles. The number of pyridine rings is 1. The number of aryl methyl sites for hydroxylation is 2. The van der Waals surface area contributed by atoms with Crippen molar-refractivity contribution in [3.63, 3.8) is 0 Å². The molecular formula is C21H19F3N8O. The first-order chi connectivity index (χ1) is 15.9. The van der Waals surface area contributed by atoms with E-state index in [1.165, 1.54) is 35.0 Å². The maximum absolute atomic E-state index is 13.5. The number of anilines is 1. The van der Waals surface area contributed by atoms with Crippen molar-refractivity contribution < 1.29 is 17.9 Å². The molecule has 12 heteroatoms. The molecular weight excluding hydrogens is 437 g/mol. The van der Waals surface area contributed by atoms with Gasteiger partial charge in [0, 0.05) is 17.8 Å². The molecule has 170 valence electrons. The van der Waals surface area contributed by atoms with E-state index in [1.807, 2.05) is 6.92 Å². The second kappa shape index (κ2) is 9.18. The molecule has 0 saturated heterocycles. The van der Waals surface area contributed by atoms with Crippen LogP contribution in [0.4, 0.5) is 19.1 Å². The average molecular weight is 456 g/mol. The van der Waals surface area contributed by atoms with E-state index in [0.717, 1.165) is 0 Å². The lowest BCUT2D eigenvalue weighted by Crippen LogP contribution is -2.10. The van der Waals surface area contributed by atoms with E-state index in [4.69, 9.17) is 10.5 Å². The van der Waals surface area contributed by atoms with Gasteiger partial charge in [-0.15, -0.1) is 5.10 Å². The lowest BCUT2D eigenvalue weighted by Gasteiger charge is -2.16. The minimum Gasteiger partial charge on any atom is -0.469 e. The quantitative estimate of drug-likeness (QED) is 0.447. The maximum Gasteiger partial charge on any atom is 0.280 e. The summed E-state index contributed by atoms with van der Waals surface area (Å²) in [4.78, 5) is 12.4. The average Bonchev–Trinajstić information content (AvgIpc) is 3.25. The van der Waals surface area contributed by atoms with Gasteiger partial charge in [0.05, 0.1) is 11.3 Å². The van der Waals surface area contributed by atoms with Gasteiger partial charge in [-0.1, -0.05) is 0 Å². The molecule has 3 heterocycles. The van der Waals surface area contributed by atoms with Crippen molar-refractivity contribution in [1.29, 1.82) is 0 Å². The molecule has 0 aliphatic carbocycles. The Morgan fingerprint density at radius 1 is 1.06 bits per heavy atom. The van der Waals surface area contributed by atoms with Crippen molar-refractivity contribution in [2.75, 3.05) is 5.73 Å². The number of nitrogen functional groups attached to an aromatic ring is 1. The van der Waals surface area contributed by atoms with Gasteiger partial charge in [-0.05, 0) is 66.2 Å². The second-order valence-corrected chi connectivity index (χ2v) is 7.04. The minimum atomic E-state index is -2.79. The van der Waals surface area contributed by atoms with Gasteiger partial charge in [0.15, 0.2) is 12.4 Å². The van der Waals surface area contributed by atoms with Crippen LogP contribution >= 0.6 is 0 Å². The number of hydrogen-bond acceptors (Lipinski definition) is 8. The molecule has 0 amide bonds. The molecule has 0 radical (unpaired) electrons. The first kappa shape index (κ1) is 22.1. The topological polar surface area (TPSA) is 118 Å². The first-order valence-corrected chi connectivity index (χ1v) is 9.94. The van der Waals surface area contributed by atoms with E-state index in [2.05, 4.69) is 30.5 Å². The highest BCUT2D eigenvalue weighted by molar-refractivity contribution is 5.85. The lowest BCUT2D eigenvalue weighted by atomic mass is 9.99. The predicted molar refractivity (Wildman–Crippen MR) is 113 cm³/mol. The number of tetrazole rings is 1. The predicted octanol–water partition coefficient (Wildman–Crippen LogP) is 3.76. The van der Waals surface area contributed by atoms with Gasteiger partial charge >= 0.3 is 0 Å². The highest BCUT2D eigenvalue weighted by Gasteiger charge is 2.22. The van der Waals surface area contributed by atoms with Crippen LogP contribution in [0.5, 0.6) is 5.88 Å². The van der Waals surface area contributed by atoms with Crippen LogP contribution in [-0.2, 0) is 13.2 Å². The van der Waals surface area contributed by atoms with Crippen molar-refractivity contribution in [3.05, 3.63) is 59.4 Å². The standard InChI is InChI=1S/C21H19F3N8O/c1-3-32-16(29-30-31-32)10-33-20-17(13-8-11(2)26-15(9-13)19(23)24)18(27-21(25)28-20)12-4-6-14(22)7-5-12/h4-9,19H,3,10H2,1-2H3,(H2,25,27,28). The lowest BCUT2D eigenvalue weighted by molar-refractivity contribution is 0.146. The molecule has 4 rings (SSSR count). The van der Waals surface area contributed by atoms with Gasteiger partial charge < -0.3 is 10.5 Å². The Kier molecular flexibility index (Phi) is 6.16. The Bertz CT molecular complexity index is 1280. The zero-order valence-corrected chi connectivity index (χ0v) is 17.7. The normalized spacial score (nSPS) is 11.2. The summed E-state index contributed by atoms with van der Waals surface area (Å²) in [7, 11) is 0. The number of aromatic nitrogens is 7. The van der Waals surface area contributed by atoms with Crippen molar-refractivity contribution in [2.24, 2.45) is 0 Å². The summed E-state index contributed by atoms with van der Waals surface area (Å²) in [6.45, 7) is 3.93. The van der Waals surface area contributed by atoms with Crippen LogP contribution < -0.4 is 10.5 Å². The van der Waals surface area contributed by atoms with Gasteiger partial charge in [0.2, 0.25) is 11.8 Å². The SMILES string of the molecule is CCn1nnnc1COc1nc(N)nc(-c2ccc(F)cc2)c1-c1cc(C)nc(C(F)F)c1. The Morgan fingerprint density at radius 2 is 1.82 bits per heavy atom. The Morgan fingerprint density at radius 3 is 2.52 bits per heavy atom. The van der Waals surface area contributed by atoms with E-state index in [1.54, 1.807) is 13.0 Å². The monoisotopic (exact) mass is 456 g/mol. The van der Waals surface area contributed by atoms with Gasteiger partial charge in [-0.3, -0.25) is 4.98 Å².